The molecule has 1 aliphatic rings. The molecule has 0 amide bonds. The van der Waals surface area contributed by atoms with E-state index in [0.29, 0.717) is 11.8 Å². The van der Waals surface area contributed by atoms with Gasteiger partial charge in [-0.15, -0.1) is 0 Å². The van der Waals surface area contributed by atoms with Crippen LogP contribution in [-0.2, 0) is 0 Å². The lowest BCUT2D eigenvalue weighted by molar-refractivity contribution is 0.0464. The van der Waals surface area contributed by atoms with E-state index in [1.54, 1.807) is 0 Å². The van der Waals surface area contributed by atoms with Gasteiger partial charge in [-0.25, -0.2) is 0 Å². The van der Waals surface area contributed by atoms with Gasteiger partial charge >= 0.3 is 0 Å². The molecule has 1 fully saturated rings. The molecule has 0 aromatic carbocycles. The molecule has 0 aromatic rings. The summed E-state index contributed by atoms with van der Waals surface area (Å²) in [7, 11) is 0. The fourth-order valence-electron chi connectivity index (χ4n) is 1.92. The van der Waals surface area contributed by atoms with E-state index in [-0.39, 0.29) is 10.4 Å². The molecular weight excluding hydrogens is 216 g/mol. The highest BCUT2D eigenvalue weighted by Gasteiger charge is 2.34. The predicted molar refractivity (Wildman–Crippen MR) is 55.5 cm³/mol. The average Bonchev–Trinajstić information content (AvgIpc) is 1.92. The van der Waals surface area contributed by atoms with Crippen LogP contribution in [0.15, 0.2) is 0 Å². The molecule has 12 heavy (non-hydrogen) atoms. The maximum atomic E-state index is 9.69. The standard InChI is InChI=1S/C10H19BrO/c1-7-4-5-8(6-9(7)12)10(2,3)11/h7-9,12H,4-6H2,1-3H3. The number of aliphatic hydroxyl groups excluding tert-OH is 1. The zero-order chi connectivity index (χ0) is 9.35. The second-order valence-corrected chi connectivity index (χ2v) is 6.66. The van der Waals surface area contributed by atoms with Crippen molar-refractivity contribution in [2.24, 2.45) is 11.8 Å². The minimum Gasteiger partial charge on any atom is -0.393 e. The van der Waals surface area contributed by atoms with Crippen LogP contribution in [0.5, 0.6) is 0 Å². The summed E-state index contributed by atoms with van der Waals surface area (Å²) in [5, 5.41) is 9.69. The van der Waals surface area contributed by atoms with Gasteiger partial charge in [0.2, 0.25) is 0 Å². The van der Waals surface area contributed by atoms with Gasteiger partial charge in [0.25, 0.3) is 0 Å². The van der Waals surface area contributed by atoms with Crippen LogP contribution in [0.2, 0.25) is 0 Å². The zero-order valence-corrected chi connectivity index (χ0v) is 9.76. The molecule has 1 saturated carbocycles. The molecule has 3 unspecified atom stereocenters. The van der Waals surface area contributed by atoms with Crippen LogP contribution in [0.25, 0.3) is 0 Å². The third-order valence-corrected chi connectivity index (χ3v) is 3.77. The molecule has 1 rings (SSSR count). The van der Waals surface area contributed by atoms with Crippen molar-refractivity contribution in [1.29, 1.82) is 0 Å². The van der Waals surface area contributed by atoms with Gasteiger partial charge in [-0.05, 0) is 44.9 Å². The topological polar surface area (TPSA) is 20.2 Å². The fourth-order valence-corrected chi connectivity index (χ4v) is 2.34. The lowest BCUT2D eigenvalue weighted by Crippen LogP contribution is -2.35. The summed E-state index contributed by atoms with van der Waals surface area (Å²) in [6.07, 6.45) is 3.29. The van der Waals surface area contributed by atoms with Gasteiger partial charge in [0.15, 0.2) is 0 Å². The average molecular weight is 235 g/mol. The number of rotatable bonds is 1. The van der Waals surface area contributed by atoms with Crippen LogP contribution in [0.3, 0.4) is 0 Å². The molecule has 0 bridgehead atoms. The Morgan fingerprint density at radius 1 is 1.33 bits per heavy atom. The first-order chi connectivity index (χ1) is 5.41. The minimum absolute atomic E-state index is 0.0828. The molecule has 0 aliphatic heterocycles. The summed E-state index contributed by atoms with van der Waals surface area (Å²) in [6.45, 7) is 6.53. The summed E-state index contributed by atoms with van der Waals surface area (Å²) < 4.78 is 0.189. The molecule has 0 radical (unpaired) electrons. The van der Waals surface area contributed by atoms with Gasteiger partial charge in [0.05, 0.1) is 6.10 Å². The van der Waals surface area contributed by atoms with Crippen LogP contribution >= 0.6 is 15.9 Å². The monoisotopic (exact) mass is 234 g/mol. The van der Waals surface area contributed by atoms with E-state index in [4.69, 9.17) is 0 Å². The van der Waals surface area contributed by atoms with Crippen molar-refractivity contribution in [2.45, 2.75) is 50.5 Å². The largest absolute Gasteiger partial charge is 0.393 e. The Bertz CT molecular complexity index is 150. The molecule has 0 spiro atoms. The molecular formula is C10H19BrO. The smallest absolute Gasteiger partial charge is 0.0568 e. The fraction of sp³-hybridized carbons (Fsp3) is 1.00. The Kier molecular flexibility index (Phi) is 3.21. The van der Waals surface area contributed by atoms with Crippen molar-refractivity contribution < 1.29 is 5.11 Å². The van der Waals surface area contributed by atoms with Gasteiger partial charge in [0, 0.05) is 4.32 Å². The first-order valence-electron chi connectivity index (χ1n) is 4.78. The number of halogens is 1. The van der Waals surface area contributed by atoms with Crippen molar-refractivity contribution in [3.05, 3.63) is 0 Å². The molecule has 1 aliphatic carbocycles. The summed E-state index contributed by atoms with van der Waals surface area (Å²) in [4.78, 5) is 0. The number of alkyl halides is 1. The van der Waals surface area contributed by atoms with Crippen molar-refractivity contribution in [3.63, 3.8) is 0 Å². The summed E-state index contributed by atoms with van der Waals surface area (Å²) in [6, 6.07) is 0. The van der Waals surface area contributed by atoms with Crippen LogP contribution in [0, 0.1) is 11.8 Å². The van der Waals surface area contributed by atoms with Gasteiger partial charge < -0.3 is 5.11 Å². The first kappa shape index (κ1) is 10.5. The van der Waals surface area contributed by atoms with Crippen molar-refractivity contribution in [3.8, 4) is 0 Å². The highest BCUT2D eigenvalue weighted by Crippen LogP contribution is 2.39. The Labute approximate surface area is 83.7 Å². The lowest BCUT2D eigenvalue weighted by atomic mass is 9.76. The van der Waals surface area contributed by atoms with E-state index in [1.165, 1.54) is 12.8 Å². The quantitative estimate of drug-likeness (QED) is 0.693. The van der Waals surface area contributed by atoms with E-state index in [0.717, 1.165) is 6.42 Å². The summed E-state index contributed by atoms with van der Waals surface area (Å²) in [5.41, 5.74) is 0. The molecule has 0 saturated heterocycles. The Morgan fingerprint density at radius 2 is 1.92 bits per heavy atom. The first-order valence-corrected chi connectivity index (χ1v) is 5.57. The number of hydrogen-bond acceptors (Lipinski definition) is 1. The number of aliphatic hydroxyl groups is 1. The molecule has 1 nitrogen and oxygen atoms in total. The highest BCUT2D eigenvalue weighted by atomic mass is 79.9. The van der Waals surface area contributed by atoms with E-state index >= 15 is 0 Å². The Hall–Kier alpha value is 0.440. The van der Waals surface area contributed by atoms with Crippen molar-refractivity contribution in [2.75, 3.05) is 0 Å². The third-order valence-electron chi connectivity index (χ3n) is 3.12. The summed E-state index contributed by atoms with van der Waals surface area (Å²) in [5.74, 6) is 1.12. The van der Waals surface area contributed by atoms with E-state index in [1.807, 2.05) is 0 Å². The van der Waals surface area contributed by atoms with E-state index in [9.17, 15) is 5.11 Å². The van der Waals surface area contributed by atoms with Crippen LogP contribution in [-0.4, -0.2) is 15.5 Å². The van der Waals surface area contributed by atoms with Gasteiger partial charge in [-0.2, -0.15) is 0 Å². The number of hydrogen-bond donors (Lipinski definition) is 1. The normalized spacial score (nSPS) is 38.2. The molecule has 3 atom stereocenters. The van der Waals surface area contributed by atoms with Crippen molar-refractivity contribution in [1.82, 2.24) is 0 Å². The highest BCUT2D eigenvalue weighted by molar-refractivity contribution is 9.10. The SMILES string of the molecule is CC1CCC(C(C)(C)Br)CC1O. The zero-order valence-electron chi connectivity index (χ0n) is 8.18. The molecule has 0 aromatic heterocycles. The van der Waals surface area contributed by atoms with Gasteiger partial charge in [-0.1, -0.05) is 22.9 Å². The van der Waals surface area contributed by atoms with Crippen LogP contribution < -0.4 is 0 Å². The van der Waals surface area contributed by atoms with Gasteiger partial charge in [0.1, 0.15) is 0 Å². The van der Waals surface area contributed by atoms with Crippen LogP contribution in [0.1, 0.15) is 40.0 Å². The van der Waals surface area contributed by atoms with E-state index in [2.05, 4.69) is 36.7 Å². The molecule has 1 N–H and O–H groups in total. The molecule has 72 valence electrons. The van der Waals surface area contributed by atoms with Gasteiger partial charge in [-0.3, -0.25) is 0 Å². The summed E-state index contributed by atoms with van der Waals surface area (Å²) >= 11 is 3.68. The third kappa shape index (κ3) is 2.46. The molecule has 0 heterocycles. The van der Waals surface area contributed by atoms with Crippen molar-refractivity contribution >= 4 is 15.9 Å². The maximum absolute atomic E-state index is 9.69. The van der Waals surface area contributed by atoms with Crippen LogP contribution in [0.4, 0.5) is 0 Å². The predicted octanol–water partition coefficient (Wildman–Crippen LogP) is 2.96. The molecule has 2 heteroatoms. The Balaban J connectivity index is 2.51. The van der Waals surface area contributed by atoms with E-state index < -0.39 is 0 Å². The second kappa shape index (κ2) is 3.67. The lowest BCUT2D eigenvalue weighted by Gasteiger charge is -2.37. The Morgan fingerprint density at radius 3 is 2.33 bits per heavy atom. The maximum Gasteiger partial charge on any atom is 0.0568 e. The minimum atomic E-state index is -0.0828. The second-order valence-electron chi connectivity index (χ2n) is 4.62.